The van der Waals surface area contributed by atoms with E-state index in [0.29, 0.717) is 29.1 Å². The molecular weight excluding hydrogens is 402 g/mol. The van der Waals surface area contributed by atoms with Crippen LogP contribution in [0.1, 0.15) is 5.56 Å². The molecule has 8 heteroatoms. The van der Waals surface area contributed by atoms with Gasteiger partial charge in [-0.2, -0.15) is 4.98 Å². The van der Waals surface area contributed by atoms with E-state index in [1.807, 2.05) is 48.5 Å². The van der Waals surface area contributed by atoms with Crippen LogP contribution in [0.15, 0.2) is 76.3 Å². The second-order valence-electron chi connectivity index (χ2n) is 6.42. The SMILES string of the molecule is O=C(O)CSc1n[nH]c(-c2ccc(-c3cccc(OCCc4ccccc4)c3)o2)n1. The normalized spacial score (nSPS) is 10.8. The Bertz CT molecular complexity index is 1120. The summed E-state index contributed by atoms with van der Waals surface area (Å²) in [4.78, 5) is 14.9. The van der Waals surface area contributed by atoms with Crippen molar-refractivity contribution in [3.05, 3.63) is 72.3 Å². The number of hydrogen-bond donors (Lipinski definition) is 2. The number of aromatic amines is 1. The van der Waals surface area contributed by atoms with Crippen molar-refractivity contribution in [2.75, 3.05) is 12.4 Å². The maximum absolute atomic E-state index is 10.7. The van der Waals surface area contributed by atoms with Crippen LogP contribution in [0, 0.1) is 0 Å². The third-order valence-electron chi connectivity index (χ3n) is 4.25. The number of aliphatic carboxylic acids is 1. The van der Waals surface area contributed by atoms with E-state index in [1.54, 1.807) is 6.07 Å². The molecule has 2 aromatic heterocycles. The molecule has 0 amide bonds. The summed E-state index contributed by atoms with van der Waals surface area (Å²) < 4.78 is 11.8. The second-order valence-corrected chi connectivity index (χ2v) is 7.37. The maximum Gasteiger partial charge on any atom is 0.313 e. The monoisotopic (exact) mass is 421 g/mol. The van der Waals surface area contributed by atoms with Crippen LogP contribution in [0.4, 0.5) is 0 Å². The Kier molecular flexibility index (Phi) is 6.14. The molecule has 7 nitrogen and oxygen atoms in total. The molecule has 0 aliphatic carbocycles. The smallest absolute Gasteiger partial charge is 0.313 e. The molecule has 0 saturated carbocycles. The summed E-state index contributed by atoms with van der Waals surface area (Å²) in [5.41, 5.74) is 2.12. The van der Waals surface area contributed by atoms with Crippen molar-refractivity contribution in [2.24, 2.45) is 0 Å². The Morgan fingerprint density at radius 2 is 1.90 bits per heavy atom. The van der Waals surface area contributed by atoms with E-state index in [0.717, 1.165) is 29.5 Å². The molecule has 0 aliphatic heterocycles. The van der Waals surface area contributed by atoms with Crippen molar-refractivity contribution in [3.8, 4) is 28.7 Å². The van der Waals surface area contributed by atoms with Crippen LogP contribution in [0.2, 0.25) is 0 Å². The topological polar surface area (TPSA) is 101 Å². The molecule has 2 N–H and O–H groups in total. The number of aromatic nitrogens is 3. The Hall–Kier alpha value is -3.52. The Balaban J connectivity index is 1.41. The quantitative estimate of drug-likeness (QED) is 0.383. The zero-order valence-corrected chi connectivity index (χ0v) is 16.8. The number of nitrogens with one attached hydrogen (secondary N) is 1. The molecular formula is C22H19N3O4S. The first-order valence-corrected chi connectivity index (χ1v) is 10.3. The number of thioether (sulfide) groups is 1. The van der Waals surface area contributed by atoms with E-state index in [9.17, 15) is 4.79 Å². The first-order valence-electron chi connectivity index (χ1n) is 9.32. The molecule has 0 atom stereocenters. The summed E-state index contributed by atoms with van der Waals surface area (Å²) in [6.07, 6.45) is 0.837. The fourth-order valence-electron chi connectivity index (χ4n) is 2.84. The lowest BCUT2D eigenvalue weighted by molar-refractivity contribution is -0.133. The fraction of sp³-hybridized carbons (Fsp3) is 0.136. The molecule has 0 fully saturated rings. The number of carboxylic acids is 1. The van der Waals surface area contributed by atoms with E-state index in [1.165, 1.54) is 5.56 Å². The van der Waals surface area contributed by atoms with Crippen molar-refractivity contribution < 1.29 is 19.1 Å². The zero-order chi connectivity index (χ0) is 20.8. The minimum Gasteiger partial charge on any atom is -0.493 e. The second kappa shape index (κ2) is 9.32. The highest BCUT2D eigenvalue weighted by atomic mass is 32.2. The van der Waals surface area contributed by atoms with Crippen molar-refractivity contribution in [2.45, 2.75) is 11.6 Å². The number of ether oxygens (including phenoxy) is 1. The average Bonchev–Trinajstić information content (AvgIpc) is 3.43. The number of benzene rings is 2. The van der Waals surface area contributed by atoms with E-state index in [-0.39, 0.29) is 5.75 Å². The molecule has 4 rings (SSSR count). The van der Waals surface area contributed by atoms with Gasteiger partial charge in [-0.3, -0.25) is 9.89 Å². The largest absolute Gasteiger partial charge is 0.493 e. The number of hydrogen-bond acceptors (Lipinski definition) is 6. The molecule has 2 aromatic carbocycles. The summed E-state index contributed by atoms with van der Waals surface area (Å²) in [6.45, 7) is 0.589. The standard InChI is InChI=1S/C22H19N3O4S/c26-20(27)14-30-22-23-21(24-25-22)19-10-9-18(29-19)16-7-4-8-17(13-16)28-12-11-15-5-2-1-3-6-15/h1-10,13H,11-12,14H2,(H,26,27)(H,23,24,25). The molecule has 0 unspecified atom stereocenters. The Morgan fingerprint density at radius 1 is 1.07 bits per heavy atom. The van der Waals surface area contributed by atoms with Crippen LogP contribution >= 0.6 is 11.8 Å². The number of furan rings is 1. The predicted molar refractivity (Wildman–Crippen MR) is 114 cm³/mol. The van der Waals surface area contributed by atoms with Gasteiger partial charge in [0.2, 0.25) is 5.16 Å². The summed E-state index contributed by atoms with van der Waals surface area (Å²) in [5, 5.41) is 15.9. The highest BCUT2D eigenvalue weighted by Crippen LogP contribution is 2.29. The van der Waals surface area contributed by atoms with Crippen LogP contribution in [-0.2, 0) is 11.2 Å². The van der Waals surface area contributed by atoms with E-state index in [4.69, 9.17) is 14.3 Å². The van der Waals surface area contributed by atoms with Crippen LogP contribution in [0.5, 0.6) is 5.75 Å². The first kappa shape index (κ1) is 19.8. The molecule has 0 spiro atoms. The predicted octanol–water partition coefficient (Wildman–Crippen LogP) is 4.53. The number of carboxylic acid groups (broad SMARTS) is 1. The van der Waals surface area contributed by atoms with Gasteiger partial charge in [0, 0.05) is 12.0 Å². The molecule has 0 radical (unpaired) electrons. The number of H-pyrrole nitrogens is 1. The summed E-state index contributed by atoms with van der Waals surface area (Å²) >= 11 is 1.04. The van der Waals surface area contributed by atoms with Gasteiger partial charge in [-0.25, -0.2) is 0 Å². The van der Waals surface area contributed by atoms with Crippen LogP contribution in [0.3, 0.4) is 0 Å². The molecule has 2 heterocycles. The minimum atomic E-state index is -0.919. The number of nitrogens with zero attached hydrogens (tertiary/aromatic N) is 2. The summed E-state index contributed by atoms with van der Waals surface area (Å²) in [7, 11) is 0. The maximum atomic E-state index is 10.7. The molecule has 152 valence electrons. The van der Waals surface area contributed by atoms with E-state index < -0.39 is 5.97 Å². The van der Waals surface area contributed by atoms with Crippen molar-refractivity contribution >= 4 is 17.7 Å². The lowest BCUT2D eigenvalue weighted by Gasteiger charge is -2.07. The van der Waals surface area contributed by atoms with Gasteiger partial charge >= 0.3 is 5.97 Å². The van der Waals surface area contributed by atoms with Gasteiger partial charge in [-0.05, 0) is 29.8 Å². The van der Waals surface area contributed by atoms with Crippen molar-refractivity contribution in [1.82, 2.24) is 15.2 Å². The van der Waals surface area contributed by atoms with Crippen LogP contribution in [0.25, 0.3) is 22.9 Å². The Labute approximate surface area is 177 Å². The van der Waals surface area contributed by atoms with Gasteiger partial charge in [-0.1, -0.05) is 54.2 Å². The van der Waals surface area contributed by atoms with Gasteiger partial charge in [-0.15, -0.1) is 5.10 Å². The Morgan fingerprint density at radius 3 is 2.73 bits per heavy atom. The molecule has 0 bridgehead atoms. The van der Waals surface area contributed by atoms with Crippen molar-refractivity contribution in [1.29, 1.82) is 0 Å². The average molecular weight is 421 g/mol. The molecule has 30 heavy (non-hydrogen) atoms. The highest BCUT2D eigenvalue weighted by molar-refractivity contribution is 7.99. The minimum absolute atomic E-state index is 0.0994. The fourth-order valence-corrected chi connectivity index (χ4v) is 3.36. The van der Waals surface area contributed by atoms with Crippen molar-refractivity contribution in [3.63, 3.8) is 0 Å². The van der Waals surface area contributed by atoms with E-state index in [2.05, 4.69) is 27.3 Å². The number of carbonyl (C=O) groups is 1. The third-order valence-corrected chi connectivity index (χ3v) is 5.08. The van der Waals surface area contributed by atoms with Crippen LogP contribution in [-0.4, -0.2) is 38.6 Å². The molecule has 4 aromatic rings. The highest BCUT2D eigenvalue weighted by Gasteiger charge is 2.13. The summed E-state index contributed by atoms with van der Waals surface area (Å²) in [6, 6.07) is 21.6. The van der Waals surface area contributed by atoms with Gasteiger partial charge in [0.25, 0.3) is 0 Å². The van der Waals surface area contributed by atoms with Gasteiger partial charge in [0.15, 0.2) is 11.6 Å². The zero-order valence-electron chi connectivity index (χ0n) is 15.9. The summed E-state index contributed by atoms with van der Waals surface area (Å²) in [5.74, 6) is 1.40. The lowest BCUT2D eigenvalue weighted by Crippen LogP contribution is -2.01. The van der Waals surface area contributed by atoms with E-state index >= 15 is 0 Å². The third kappa shape index (κ3) is 5.09. The van der Waals surface area contributed by atoms with Gasteiger partial charge in [0.05, 0.1) is 12.4 Å². The molecule has 0 aliphatic rings. The van der Waals surface area contributed by atoms with Crippen LogP contribution < -0.4 is 4.74 Å². The van der Waals surface area contributed by atoms with Gasteiger partial charge < -0.3 is 14.3 Å². The molecule has 0 saturated heterocycles. The first-order chi connectivity index (χ1) is 14.7. The van der Waals surface area contributed by atoms with Gasteiger partial charge in [0.1, 0.15) is 11.5 Å². The lowest BCUT2D eigenvalue weighted by atomic mass is 10.1. The number of rotatable bonds is 9.